The van der Waals surface area contributed by atoms with Gasteiger partial charge < -0.3 is 16.0 Å². The smallest absolute Gasteiger partial charge is 0.239 e. The first-order chi connectivity index (χ1) is 9.60. The second-order valence-corrected chi connectivity index (χ2v) is 6.74. The lowest BCUT2D eigenvalue weighted by molar-refractivity contribution is -0.126. The number of nitrogens with one attached hydrogen (secondary N) is 1. The van der Waals surface area contributed by atoms with E-state index in [4.69, 9.17) is 5.73 Å². The van der Waals surface area contributed by atoms with Gasteiger partial charge in [-0.3, -0.25) is 4.79 Å². The molecule has 0 heterocycles. The third-order valence-corrected chi connectivity index (χ3v) is 5.10. The van der Waals surface area contributed by atoms with Gasteiger partial charge in [0.25, 0.3) is 0 Å². The molecule has 2 fully saturated rings. The van der Waals surface area contributed by atoms with Gasteiger partial charge in [-0.25, -0.2) is 0 Å². The van der Waals surface area contributed by atoms with E-state index in [1.54, 1.807) is 0 Å². The van der Waals surface area contributed by atoms with Gasteiger partial charge in [-0.2, -0.15) is 0 Å². The largest absolute Gasteiger partial charge is 0.368 e. The van der Waals surface area contributed by atoms with Crippen molar-refractivity contribution in [1.29, 1.82) is 0 Å². The number of nitrogens with two attached hydrogens (primary N) is 1. The maximum absolute atomic E-state index is 12.2. The van der Waals surface area contributed by atoms with Crippen LogP contribution >= 0.6 is 0 Å². The number of carbonyl (C=O) groups excluding carboxylic acids is 1. The topological polar surface area (TPSA) is 58.4 Å². The van der Waals surface area contributed by atoms with Crippen molar-refractivity contribution in [1.82, 2.24) is 10.2 Å². The summed E-state index contributed by atoms with van der Waals surface area (Å²) in [6, 6.07) is 0.629. The molecule has 0 aliphatic heterocycles. The van der Waals surface area contributed by atoms with Gasteiger partial charge in [0, 0.05) is 12.6 Å². The average molecular weight is 281 g/mol. The maximum atomic E-state index is 12.2. The van der Waals surface area contributed by atoms with E-state index in [1.165, 1.54) is 32.1 Å². The van der Waals surface area contributed by atoms with Gasteiger partial charge in [-0.15, -0.1) is 0 Å². The molecule has 0 aromatic heterocycles. The second-order valence-electron chi connectivity index (χ2n) is 6.74. The fourth-order valence-corrected chi connectivity index (χ4v) is 3.66. The monoisotopic (exact) mass is 281 g/mol. The van der Waals surface area contributed by atoms with Crippen LogP contribution in [0.5, 0.6) is 0 Å². The van der Waals surface area contributed by atoms with Crippen LogP contribution in [0.2, 0.25) is 0 Å². The summed E-state index contributed by atoms with van der Waals surface area (Å²) in [4.78, 5) is 14.6. The zero-order valence-electron chi connectivity index (χ0n) is 13.2. The van der Waals surface area contributed by atoms with Crippen LogP contribution in [0.3, 0.4) is 0 Å². The van der Waals surface area contributed by atoms with Crippen molar-refractivity contribution < 1.29 is 4.79 Å². The Balaban J connectivity index is 2.03. The molecule has 3 N–H and O–H groups in total. The molecule has 0 aromatic rings. The number of likely N-dealkylation sites (N-methyl/N-ethyl adjacent to an activating group) is 1. The Morgan fingerprint density at radius 1 is 1.25 bits per heavy atom. The molecule has 0 bridgehead atoms. The third kappa shape index (κ3) is 3.53. The lowest BCUT2D eigenvalue weighted by Gasteiger charge is -2.40. The number of hydrogen-bond donors (Lipinski definition) is 2. The van der Waals surface area contributed by atoms with Crippen LogP contribution in [0.4, 0.5) is 0 Å². The van der Waals surface area contributed by atoms with Crippen molar-refractivity contribution in [2.45, 2.75) is 69.9 Å². The normalized spacial score (nSPS) is 23.8. The number of rotatable bonds is 8. The highest BCUT2D eigenvalue weighted by Gasteiger charge is 2.50. The van der Waals surface area contributed by atoms with Crippen LogP contribution in [0.15, 0.2) is 0 Å². The van der Waals surface area contributed by atoms with Crippen molar-refractivity contribution in [2.75, 3.05) is 20.1 Å². The quantitative estimate of drug-likeness (QED) is 0.714. The van der Waals surface area contributed by atoms with E-state index in [-0.39, 0.29) is 5.91 Å². The minimum absolute atomic E-state index is 0.156. The van der Waals surface area contributed by atoms with E-state index in [9.17, 15) is 4.79 Å². The number of amides is 1. The zero-order valence-corrected chi connectivity index (χ0v) is 13.2. The Hall–Kier alpha value is -0.610. The van der Waals surface area contributed by atoms with Gasteiger partial charge in [0.2, 0.25) is 5.91 Å². The highest BCUT2D eigenvalue weighted by molar-refractivity contribution is 5.86. The molecule has 2 rings (SSSR count). The van der Waals surface area contributed by atoms with Gasteiger partial charge in [-0.05, 0) is 51.6 Å². The van der Waals surface area contributed by atoms with E-state index in [1.807, 2.05) is 0 Å². The zero-order chi connectivity index (χ0) is 14.6. The molecular formula is C16H31N3O. The molecule has 4 nitrogen and oxygen atoms in total. The summed E-state index contributed by atoms with van der Waals surface area (Å²) < 4.78 is 0. The molecule has 1 amide bonds. The molecule has 0 saturated heterocycles. The van der Waals surface area contributed by atoms with Crippen molar-refractivity contribution >= 4 is 5.91 Å². The van der Waals surface area contributed by atoms with Crippen LogP contribution in [0, 0.1) is 5.92 Å². The predicted molar refractivity (Wildman–Crippen MR) is 82.4 cm³/mol. The summed E-state index contributed by atoms with van der Waals surface area (Å²) in [5.41, 5.74) is 5.31. The molecule has 2 saturated carbocycles. The van der Waals surface area contributed by atoms with Gasteiger partial charge in [0.05, 0.1) is 0 Å². The molecule has 2 aliphatic carbocycles. The first-order valence-corrected chi connectivity index (χ1v) is 8.35. The standard InChI is InChI=1S/C16H31N3O/c1-3-11-18-16(15(17)20,13-9-10-13)12-19(2)14-7-5-4-6-8-14/h13-14,18H,3-12H2,1-2H3,(H2,17,20). The van der Waals surface area contributed by atoms with Gasteiger partial charge in [-0.1, -0.05) is 26.2 Å². The van der Waals surface area contributed by atoms with Gasteiger partial charge >= 0.3 is 0 Å². The summed E-state index contributed by atoms with van der Waals surface area (Å²) in [6.07, 6.45) is 9.86. The van der Waals surface area contributed by atoms with Crippen molar-refractivity contribution in [3.63, 3.8) is 0 Å². The summed E-state index contributed by atoms with van der Waals surface area (Å²) in [5.74, 6) is 0.286. The second kappa shape index (κ2) is 6.90. The molecule has 0 spiro atoms. The SMILES string of the molecule is CCCNC(CN(C)C1CCCCC1)(C(N)=O)C1CC1. The Kier molecular flexibility index (Phi) is 5.44. The maximum Gasteiger partial charge on any atom is 0.239 e. The van der Waals surface area contributed by atoms with E-state index in [0.717, 1.165) is 32.4 Å². The molecule has 20 heavy (non-hydrogen) atoms. The van der Waals surface area contributed by atoms with E-state index >= 15 is 0 Å². The van der Waals surface area contributed by atoms with Crippen molar-refractivity contribution in [3.8, 4) is 0 Å². The highest BCUT2D eigenvalue weighted by atomic mass is 16.1. The molecule has 4 heteroatoms. The number of carbonyl (C=O) groups is 1. The van der Waals surface area contributed by atoms with E-state index in [0.29, 0.717) is 12.0 Å². The van der Waals surface area contributed by atoms with Crippen LogP contribution in [-0.4, -0.2) is 42.5 Å². The van der Waals surface area contributed by atoms with Crippen molar-refractivity contribution in [3.05, 3.63) is 0 Å². The van der Waals surface area contributed by atoms with Crippen LogP contribution in [0.25, 0.3) is 0 Å². The minimum atomic E-state index is -0.498. The molecular weight excluding hydrogens is 250 g/mol. The molecule has 2 aliphatic rings. The third-order valence-electron chi connectivity index (χ3n) is 5.10. The van der Waals surface area contributed by atoms with E-state index in [2.05, 4.69) is 24.2 Å². The lowest BCUT2D eigenvalue weighted by Crippen LogP contribution is -2.64. The molecule has 1 unspecified atom stereocenters. The van der Waals surface area contributed by atoms with Gasteiger partial charge in [0.15, 0.2) is 0 Å². The van der Waals surface area contributed by atoms with Crippen molar-refractivity contribution in [2.24, 2.45) is 11.7 Å². The molecule has 116 valence electrons. The predicted octanol–water partition coefficient (Wildman–Crippen LogP) is 1.88. The summed E-state index contributed by atoms with van der Waals surface area (Å²) >= 11 is 0. The van der Waals surface area contributed by atoms with Crippen LogP contribution in [0.1, 0.15) is 58.3 Å². The fourth-order valence-electron chi connectivity index (χ4n) is 3.66. The number of primary amides is 1. The Morgan fingerprint density at radius 3 is 2.40 bits per heavy atom. The fraction of sp³-hybridized carbons (Fsp3) is 0.938. The van der Waals surface area contributed by atoms with E-state index < -0.39 is 5.54 Å². The molecule has 1 atom stereocenters. The Morgan fingerprint density at radius 2 is 1.90 bits per heavy atom. The Bertz CT molecular complexity index is 324. The lowest BCUT2D eigenvalue weighted by atomic mass is 9.88. The molecule has 0 aromatic carbocycles. The summed E-state index contributed by atoms with van der Waals surface area (Å²) in [7, 11) is 2.17. The summed E-state index contributed by atoms with van der Waals surface area (Å²) in [5, 5.41) is 3.50. The van der Waals surface area contributed by atoms with Crippen LogP contribution in [-0.2, 0) is 4.79 Å². The minimum Gasteiger partial charge on any atom is -0.368 e. The first kappa shape index (κ1) is 15.8. The number of nitrogens with zero attached hydrogens (tertiary/aromatic N) is 1. The summed E-state index contributed by atoms with van der Waals surface area (Å²) in [6.45, 7) is 3.78. The molecule has 0 radical (unpaired) electrons. The number of hydrogen-bond acceptors (Lipinski definition) is 3. The first-order valence-electron chi connectivity index (χ1n) is 8.35. The average Bonchev–Trinajstić information content (AvgIpc) is 3.28. The van der Waals surface area contributed by atoms with Gasteiger partial charge in [0.1, 0.15) is 5.54 Å². The Labute approximate surface area is 123 Å². The van der Waals surface area contributed by atoms with Crippen LogP contribution < -0.4 is 11.1 Å². The highest BCUT2D eigenvalue weighted by Crippen LogP contribution is 2.40.